The van der Waals surface area contributed by atoms with Crippen LogP contribution in [0.4, 0.5) is 0 Å². The summed E-state index contributed by atoms with van der Waals surface area (Å²) >= 11 is 0. The molecule has 0 radical (unpaired) electrons. The molecular formula is C16H25O2P. The topological polar surface area (TPSA) is 26.3 Å². The second-order valence-corrected chi connectivity index (χ2v) is 6.85. The number of benzene rings is 1. The van der Waals surface area contributed by atoms with Crippen LogP contribution in [-0.4, -0.2) is 6.10 Å². The van der Waals surface area contributed by atoms with Crippen LogP contribution in [0.2, 0.25) is 0 Å². The summed E-state index contributed by atoms with van der Waals surface area (Å²) in [6.45, 7) is 6.85. The van der Waals surface area contributed by atoms with Crippen LogP contribution >= 0.6 is 8.69 Å². The first-order chi connectivity index (χ1) is 9.05. The van der Waals surface area contributed by atoms with Crippen LogP contribution in [0.15, 0.2) is 30.3 Å². The maximum absolute atomic E-state index is 11.0. The van der Waals surface area contributed by atoms with Crippen LogP contribution in [-0.2, 0) is 14.5 Å². The zero-order valence-electron chi connectivity index (χ0n) is 12.1. The lowest BCUT2D eigenvalue weighted by Gasteiger charge is -2.43. The van der Waals surface area contributed by atoms with Crippen molar-refractivity contribution >= 4 is 8.69 Å². The fourth-order valence-corrected chi connectivity index (χ4v) is 3.90. The number of hydrogen-bond donors (Lipinski definition) is 0. The van der Waals surface area contributed by atoms with Crippen LogP contribution in [0.25, 0.3) is 0 Å². The zero-order valence-corrected chi connectivity index (χ0v) is 13.3. The first kappa shape index (κ1) is 14.8. The van der Waals surface area contributed by atoms with Crippen molar-refractivity contribution in [3.63, 3.8) is 0 Å². The summed E-state index contributed by atoms with van der Waals surface area (Å²) in [5.41, 5.74) is 1.42. The first-order valence-corrected chi connectivity index (χ1v) is 8.14. The van der Waals surface area contributed by atoms with E-state index in [9.17, 15) is 4.57 Å². The highest BCUT2D eigenvalue weighted by atomic mass is 31.1. The largest absolute Gasteiger partial charge is 0.329 e. The molecule has 0 aromatic heterocycles. The van der Waals surface area contributed by atoms with E-state index in [0.717, 1.165) is 12.8 Å². The molecule has 1 fully saturated rings. The molecule has 0 spiro atoms. The van der Waals surface area contributed by atoms with Gasteiger partial charge in [0.25, 0.3) is 0 Å². The lowest BCUT2D eigenvalue weighted by molar-refractivity contribution is 0.0418. The molecule has 106 valence electrons. The molecule has 1 aliphatic rings. The van der Waals surface area contributed by atoms with Crippen molar-refractivity contribution in [1.82, 2.24) is 0 Å². The zero-order chi connectivity index (χ0) is 13.9. The Morgan fingerprint density at radius 3 is 2.53 bits per heavy atom. The Labute approximate surface area is 117 Å². The summed E-state index contributed by atoms with van der Waals surface area (Å²) in [4.78, 5) is 0. The minimum Gasteiger partial charge on any atom is -0.329 e. The third kappa shape index (κ3) is 3.30. The molecule has 2 rings (SSSR count). The van der Waals surface area contributed by atoms with Gasteiger partial charge in [0.1, 0.15) is 0 Å². The lowest BCUT2D eigenvalue weighted by atomic mass is 9.64. The van der Waals surface area contributed by atoms with E-state index in [0.29, 0.717) is 11.8 Å². The van der Waals surface area contributed by atoms with E-state index in [2.05, 4.69) is 51.1 Å². The fourth-order valence-electron chi connectivity index (χ4n) is 3.46. The third-order valence-electron chi connectivity index (χ3n) is 4.73. The van der Waals surface area contributed by atoms with Crippen molar-refractivity contribution in [1.29, 1.82) is 0 Å². The molecule has 1 aliphatic carbocycles. The molecule has 0 bridgehead atoms. The van der Waals surface area contributed by atoms with Crippen LogP contribution in [0.3, 0.4) is 0 Å². The molecule has 1 unspecified atom stereocenters. The Kier molecular flexibility index (Phi) is 4.86. The Morgan fingerprint density at radius 1 is 1.21 bits per heavy atom. The average Bonchev–Trinajstić information content (AvgIpc) is 2.40. The van der Waals surface area contributed by atoms with Gasteiger partial charge in [0.05, 0.1) is 6.10 Å². The highest BCUT2D eigenvalue weighted by Crippen LogP contribution is 2.44. The summed E-state index contributed by atoms with van der Waals surface area (Å²) < 4.78 is 16.6. The molecule has 19 heavy (non-hydrogen) atoms. The molecule has 3 heteroatoms. The molecule has 1 saturated carbocycles. The SMILES string of the molecule is C[C@@H]1CC[C@@H](C(C)(C)c2ccccc2)[C@H](O[PH2]=O)C1. The second kappa shape index (κ2) is 6.24. The normalized spacial score (nSPS) is 28.9. The highest BCUT2D eigenvalue weighted by molar-refractivity contribution is 7.17. The van der Waals surface area contributed by atoms with Gasteiger partial charge in [-0.3, -0.25) is 4.57 Å². The van der Waals surface area contributed by atoms with Gasteiger partial charge in [-0.25, -0.2) is 0 Å². The van der Waals surface area contributed by atoms with Crippen LogP contribution in [0, 0.1) is 11.8 Å². The van der Waals surface area contributed by atoms with Crippen molar-refractivity contribution in [2.75, 3.05) is 0 Å². The maximum atomic E-state index is 11.0. The fraction of sp³-hybridized carbons (Fsp3) is 0.625. The van der Waals surface area contributed by atoms with Crippen LogP contribution in [0.5, 0.6) is 0 Å². The molecule has 0 N–H and O–H groups in total. The summed E-state index contributed by atoms with van der Waals surface area (Å²) in [5.74, 6) is 1.13. The van der Waals surface area contributed by atoms with Gasteiger partial charge in [0.15, 0.2) is 8.69 Å². The first-order valence-electron chi connectivity index (χ1n) is 7.20. The van der Waals surface area contributed by atoms with Gasteiger partial charge in [-0.1, -0.05) is 57.5 Å². The van der Waals surface area contributed by atoms with Gasteiger partial charge in [0.2, 0.25) is 0 Å². The van der Waals surface area contributed by atoms with Gasteiger partial charge >= 0.3 is 0 Å². The smallest absolute Gasteiger partial charge is 0.180 e. The van der Waals surface area contributed by atoms with E-state index in [1.54, 1.807) is 0 Å². The van der Waals surface area contributed by atoms with Gasteiger partial charge in [-0.15, -0.1) is 0 Å². The minimum absolute atomic E-state index is 0.0701. The molecule has 1 aromatic carbocycles. The van der Waals surface area contributed by atoms with Gasteiger partial charge < -0.3 is 4.52 Å². The monoisotopic (exact) mass is 280 g/mol. The van der Waals surface area contributed by atoms with Crippen LogP contribution in [0.1, 0.15) is 45.6 Å². The molecule has 0 amide bonds. The van der Waals surface area contributed by atoms with Crippen molar-refractivity contribution < 1.29 is 9.09 Å². The Morgan fingerprint density at radius 2 is 1.89 bits per heavy atom. The number of hydrogen-bond acceptors (Lipinski definition) is 2. The molecule has 0 aliphatic heterocycles. The summed E-state index contributed by atoms with van der Waals surface area (Å²) in [6.07, 6.45) is 3.59. The van der Waals surface area contributed by atoms with E-state index in [1.807, 2.05) is 0 Å². The van der Waals surface area contributed by atoms with Gasteiger partial charge in [-0.2, -0.15) is 0 Å². The van der Waals surface area contributed by atoms with E-state index in [-0.39, 0.29) is 11.5 Å². The van der Waals surface area contributed by atoms with Crippen LogP contribution < -0.4 is 0 Å². The standard InChI is InChI=1S/C16H25O2P/c1-12-9-10-14(15(11-12)18-19-17)16(2,3)13-7-5-4-6-8-13/h4-8,12,14-15H,9-11,19H2,1-3H3/t12-,14-,15-/m1/s1. The second-order valence-electron chi connectivity index (χ2n) is 6.38. The lowest BCUT2D eigenvalue weighted by Crippen LogP contribution is -2.41. The predicted molar refractivity (Wildman–Crippen MR) is 81.2 cm³/mol. The minimum atomic E-state index is -1.11. The quantitative estimate of drug-likeness (QED) is 0.761. The number of rotatable bonds is 4. The van der Waals surface area contributed by atoms with Crippen molar-refractivity contribution in [2.24, 2.45) is 11.8 Å². The summed E-state index contributed by atoms with van der Waals surface area (Å²) in [5, 5.41) is 0. The Hall–Kier alpha value is -0.590. The summed E-state index contributed by atoms with van der Waals surface area (Å²) in [6, 6.07) is 10.6. The molecule has 0 saturated heterocycles. The predicted octanol–water partition coefficient (Wildman–Crippen LogP) is 4.46. The molecular weight excluding hydrogens is 255 g/mol. The Balaban J connectivity index is 2.24. The molecule has 0 heterocycles. The maximum Gasteiger partial charge on any atom is 0.180 e. The molecule has 2 nitrogen and oxygen atoms in total. The van der Waals surface area contributed by atoms with Crippen molar-refractivity contribution in [2.45, 2.75) is 51.6 Å². The third-order valence-corrected chi connectivity index (χ3v) is 5.19. The average molecular weight is 280 g/mol. The summed E-state index contributed by atoms with van der Waals surface area (Å²) in [7, 11) is -1.11. The van der Waals surface area contributed by atoms with Gasteiger partial charge in [0, 0.05) is 0 Å². The molecule has 4 atom stereocenters. The van der Waals surface area contributed by atoms with E-state index in [4.69, 9.17) is 4.52 Å². The Bertz CT molecular complexity index is 416. The highest BCUT2D eigenvalue weighted by Gasteiger charge is 2.40. The van der Waals surface area contributed by atoms with E-state index < -0.39 is 8.69 Å². The van der Waals surface area contributed by atoms with Crippen molar-refractivity contribution in [3.05, 3.63) is 35.9 Å². The van der Waals surface area contributed by atoms with Gasteiger partial charge in [-0.05, 0) is 35.7 Å². The van der Waals surface area contributed by atoms with Crippen molar-refractivity contribution in [3.8, 4) is 0 Å². The molecule has 1 aromatic rings. The van der Waals surface area contributed by atoms with E-state index >= 15 is 0 Å². The van der Waals surface area contributed by atoms with E-state index in [1.165, 1.54) is 12.0 Å².